The van der Waals surface area contributed by atoms with Crippen molar-refractivity contribution in [3.63, 3.8) is 0 Å². The van der Waals surface area contributed by atoms with E-state index in [1.54, 1.807) is 43.3 Å². The molecule has 28 heavy (non-hydrogen) atoms. The molecular formula is C19H23ClN2O5S. The van der Waals surface area contributed by atoms with Gasteiger partial charge in [0.15, 0.2) is 6.10 Å². The zero-order valence-corrected chi connectivity index (χ0v) is 17.2. The summed E-state index contributed by atoms with van der Waals surface area (Å²) in [5.41, 5.74) is 0.767. The van der Waals surface area contributed by atoms with Gasteiger partial charge in [-0.2, -0.15) is 0 Å². The summed E-state index contributed by atoms with van der Waals surface area (Å²) in [4.78, 5) is 12.3. The Hall–Kier alpha value is -2.13. The van der Waals surface area contributed by atoms with E-state index < -0.39 is 16.1 Å². The van der Waals surface area contributed by atoms with Crippen LogP contribution >= 0.6 is 11.6 Å². The number of nitrogens with one attached hydrogen (secondary N) is 2. The van der Waals surface area contributed by atoms with E-state index >= 15 is 0 Å². The lowest BCUT2D eigenvalue weighted by Gasteiger charge is -2.15. The molecule has 0 saturated heterocycles. The largest absolute Gasteiger partial charge is 0.481 e. The zero-order chi connectivity index (χ0) is 20.6. The topological polar surface area (TPSA) is 93.7 Å². The fraction of sp³-hybridized carbons (Fsp3) is 0.316. The van der Waals surface area contributed by atoms with E-state index in [1.165, 1.54) is 19.2 Å². The van der Waals surface area contributed by atoms with Crippen molar-refractivity contribution in [3.05, 3.63) is 59.1 Å². The maximum atomic E-state index is 12.2. The second-order valence-corrected chi connectivity index (χ2v) is 8.17. The third-order valence-corrected chi connectivity index (χ3v) is 5.52. The second kappa shape index (κ2) is 10.4. The average Bonchev–Trinajstić information content (AvgIpc) is 2.68. The van der Waals surface area contributed by atoms with Gasteiger partial charge in [0.25, 0.3) is 5.91 Å². The van der Waals surface area contributed by atoms with Crippen molar-refractivity contribution in [2.75, 3.05) is 20.3 Å². The van der Waals surface area contributed by atoms with Crippen LogP contribution in [0.15, 0.2) is 53.4 Å². The molecule has 2 aromatic carbocycles. The van der Waals surface area contributed by atoms with Gasteiger partial charge in [-0.3, -0.25) is 4.79 Å². The predicted octanol–water partition coefficient (Wildman–Crippen LogP) is 2.35. The summed E-state index contributed by atoms with van der Waals surface area (Å²) in [7, 11) is -2.08. The van der Waals surface area contributed by atoms with E-state index in [0.29, 0.717) is 17.4 Å². The highest BCUT2D eigenvalue weighted by molar-refractivity contribution is 7.89. The van der Waals surface area contributed by atoms with Crippen LogP contribution in [0.3, 0.4) is 0 Å². The molecule has 1 amide bonds. The number of ether oxygens (including phenoxy) is 2. The maximum absolute atomic E-state index is 12.2. The van der Waals surface area contributed by atoms with Gasteiger partial charge in [-0.05, 0) is 48.9 Å². The van der Waals surface area contributed by atoms with E-state index in [2.05, 4.69) is 10.0 Å². The van der Waals surface area contributed by atoms with Gasteiger partial charge >= 0.3 is 0 Å². The fourth-order valence-electron chi connectivity index (χ4n) is 2.25. The third kappa shape index (κ3) is 6.79. The molecule has 0 saturated carbocycles. The minimum absolute atomic E-state index is 0.151. The lowest BCUT2D eigenvalue weighted by atomic mass is 10.2. The number of methoxy groups -OCH3 is 1. The molecule has 0 heterocycles. The Morgan fingerprint density at radius 2 is 1.75 bits per heavy atom. The summed E-state index contributed by atoms with van der Waals surface area (Å²) in [6.45, 7) is 2.39. The lowest BCUT2D eigenvalue weighted by molar-refractivity contribution is -0.127. The first-order valence-corrected chi connectivity index (χ1v) is 10.5. The first-order valence-electron chi connectivity index (χ1n) is 8.59. The van der Waals surface area contributed by atoms with Gasteiger partial charge in [-0.1, -0.05) is 23.7 Å². The summed E-state index contributed by atoms with van der Waals surface area (Å²) in [6.07, 6.45) is -0.689. The van der Waals surface area contributed by atoms with Crippen LogP contribution in [0.5, 0.6) is 5.75 Å². The highest BCUT2D eigenvalue weighted by Crippen LogP contribution is 2.17. The molecule has 0 bridgehead atoms. The third-order valence-electron chi connectivity index (χ3n) is 3.79. The Labute approximate surface area is 170 Å². The summed E-state index contributed by atoms with van der Waals surface area (Å²) in [6, 6.07) is 13.0. The Bertz CT molecular complexity index is 870. The Morgan fingerprint density at radius 3 is 2.36 bits per heavy atom. The summed E-state index contributed by atoms with van der Waals surface area (Å²) >= 11 is 5.82. The molecule has 0 aliphatic heterocycles. The smallest absolute Gasteiger partial charge is 0.261 e. The average molecular weight is 427 g/mol. The molecule has 1 unspecified atom stereocenters. The molecule has 2 rings (SSSR count). The summed E-state index contributed by atoms with van der Waals surface area (Å²) < 4.78 is 37.0. The van der Waals surface area contributed by atoms with Crippen LogP contribution in [0.2, 0.25) is 5.02 Å². The van der Waals surface area contributed by atoms with Gasteiger partial charge in [0.05, 0.1) is 11.5 Å². The van der Waals surface area contributed by atoms with Crippen LogP contribution in [0, 0.1) is 0 Å². The van der Waals surface area contributed by atoms with Gasteiger partial charge in [0, 0.05) is 25.2 Å². The number of carbonyl (C=O) groups excluding carboxylic acids is 1. The Morgan fingerprint density at radius 1 is 1.11 bits per heavy atom. The molecule has 0 aliphatic rings. The molecule has 9 heteroatoms. The van der Waals surface area contributed by atoms with Gasteiger partial charge in [0.1, 0.15) is 5.75 Å². The standard InChI is InChI=1S/C19H23ClN2O5S/c1-14(27-17-7-5-16(20)6-8-17)19(23)21-13-15-3-9-18(10-4-15)28(24,25)22-11-12-26-2/h3-10,14,22H,11-13H2,1-2H3,(H,21,23). The van der Waals surface area contributed by atoms with Crippen LogP contribution in [-0.2, 0) is 26.1 Å². The molecule has 152 valence electrons. The van der Waals surface area contributed by atoms with E-state index in [-0.39, 0.29) is 23.9 Å². The van der Waals surface area contributed by atoms with Crippen LogP contribution < -0.4 is 14.8 Å². The van der Waals surface area contributed by atoms with Gasteiger partial charge in [0.2, 0.25) is 10.0 Å². The number of halogens is 1. The zero-order valence-electron chi connectivity index (χ0n) is 15.6. The normalized spacial score (nSPS) is 12.4. The molecule has 0 fully saturated rings. The Balaban J connectivity index is 1.86. The van der Waals surface area contributed by atoms with E-state index in [1.807, 2.05) is 0 Å². The monoisotopic (exact) mass is 426 g/mol. The molecular weight excluding hydrogens is 404 g/mol. The maximum Gasteiger partial charge on any atom is 0.261 e. The number of sulfonamides is 1. The highest BCUT2D eigenvalue weighted by Gasteiger charge is 2.15. The van der Waals surface area contributed by atoms with Crippen LogP contribution in [0.1, 0.15) is 12.5 Å². The lowest BCUT2D eigenvalue weighted by Crippen LogP contribution is -2.35. The van der Waals surface area contributed by atoms with Crippen LogP contribution in [0.25, 0.3) is 0 Å². The molecule has 0 spiro atoms. The SMILES string of the molecule is COCCNS(=O)(=O)c1ccc(CNC(=O)C(C)Oc2ccc(Cl)cc2)cc1. The summed E-state index contributed by atoms with van der Waals surface area (Å²) in [5.74, 6) is 0.260. The number of amides is 1. The van der Waals surface area contributed by atoms with E-state index in [9.17, 15) is 13.2 Å². The number of benzene rings is 2. The first-order chi connectivity index (χ1) is 13.3. The quantitative estimate of drug-likeness (QED) is 0.569. The molecule has 1 atom stereocenters. The van der Waals surface area contributed by atoms with Crippen molar-refractivity contribution in [2.45, 2.75) is 24.5 Å². The van der Waals surface area contributed by atoms with Crippen molar-refractivity contribution in [1.82, 2.24) is 10.0 Å². The highest BCUT2D eigenvalue weighted by atomic mass is 35.5. The van der Waals surface area contributed by atoms with Crippen molar-refractivity contribution in [3.8, 4) is 5.75 Å². The van der Waals surface area contributed by atoms with Crippen molar-refractivity contribution in [2.24, 2.45) is 0 Å². The fourth-order valence-corrected chi connectivity index (χ4v) is 3.39. The van der Waals surface area contributed by atoms with E-state index in [4.69, 9.17) is 21.1 Å². The van der Waals surface area contributed by atoms with Gasteiger partial charge in [-0.25, -0.2) is 13.1 Å². The molecule has 2 N–H and O–H groups in total. The molecule has 2 aromatic rings. The van der Waals surface area contributed by atoms with Gasteiger partial charge in [-0.15, -0.1) is 0 Å². The Kier molecular flexibility index (Phi) is 8.25. The molecule has 0 radical (unpaired) electrons. The number of carbonyl (C=O) groups is 1. The van der Waals surface area contributed by atoms with Crippen molar-refractivity contribution < 1.29 is 22.7 Å². The van der Waals surface area contributed by atoms with Crippen LogP contribution in [-0.4, -0.2) is 40.7 Å². The van der Waals surface area contributed by atoms with E-state index in [0.717, 1.165) is 5.56 Å². The minimum atomic E-state index is -3.58. The number of hydrogen-bond acceptors (Lipinski definition) is 5. The first kappa shape index (κ1) is 22.2. The molecule has 7 nitrogen and oxygen atoms in total. The summed E-state index contributed by atoms with van der Waals surface area (Å²) in [5, 5.41) is 3.35. The van der Waals surface area contributed by atoms with Crippen LogP contribution in [0.4, 0.5) is 0 Å². The van der Waals surface area contributed by atoms with Gasteiger partial charge < -0.3 is 14.8 Å². The number of rotatable bonds is 10. The van der Waals surface area contributed by atoms with Crippen molar-refractivity contribution in [1.29, 1.82) is 0 Å². The van der Waals surface area contributed by atoms with Crippen molar-refractivity contribution >= 4 is 27.5 Å². The second-order valence-electron chi connectivity index (χ2n) is 5.97. The molecule has 0 aromatic heterocycles. The minimum Gasteiger partial charge on any atom is -0.481 e. The predicted molar refractivity (Wildman–Crippen MR) is 107 cm³/mol. The number of hydrogen-bond donors (Lipinski definition) is 2. The molecule has 0 aliphatic carbocycles.